The molecule has 0 aromatic heterocycles. The second-order valence-electron chi connectivity index (χ2n) is 7.89. The number of amides is 2. The maximum Gasteiger partial charge on any atom is 0.407 e. The van der Waals surface area contributed by atoms with Crippen molar-refractivity contribution in [3.05, 3.63) is 29.8 Å². The van der Waals surface area contributed by atoms with E-state index in [-0.39, 0.29) is 12.0 Å². The summed E-state index contributed by atoms with van der Waals surface area (Å²) in [6.07, 6.45) is 1.54. The fraction of sp³-hybridized carbons (Fsp3) is 0.600. The fourth-order valence-corrected chi connectivity index (χ4v) is 2.95. The van der Waals surface area contributed by atoms with Crippen molar-refractivity contribution in [3.63, 3.8) is 0 Å². The Balaban J connectivity index is 1.60. The van der Waals surface area contributed by atoms with Crippen LogP contribution in [0, 0.1) is 0 Å². The summed E-state index contributed by atoms with van der Waals surface area (Å²) >= 11 is 0. The summed E-state index contributed by atoms with van der Waals surface area (Å²) in [7, 11) is 0. The zero-order chi connectivity index (χ0) is 19.9. The number of hydrogen-bond donors (Lipinski definition) is 2. The van der Waals surface area contributed by atoms with Crippen LogP contribution >= 0.6 is 0 Å². The van der Waals surface area contributed by atoms with Crippen LogP contribution in [0.2, 0.25) is 0 Å². The lowest BCUT2D eigenvalue weighted by molar-refractivity contribution is 0.0526. The van der Waals surface area contributed by atoms with E-state index in [1.165, 1.54) is 0 Å². The average molecular weight is 377 g/mol. The molecule has 0 saturated carbocycles. The Morgan fingerprint density at radius 3 is 2.30 bits per heavy atom. The monoisotopic (exact) mass is 376 g/mol. The number of nitrogens with two attached hydrogens (primary N) is 1. The number of nitrogen functional groups attached to an aromatic ring is 1. The summed E-state index contributed by atoms with van der Waals surface area (Å²) < 4.78 is 5.21. The van der Waals surface area contributed by atoms with Crippen LogP contribution in [0.5, 0.6) is 0 Å². The van der Waals surface area contributed by atoms with Gasteiger partial charge < -0.3 is 20.7 Å². The maximum atomic E-state index is 12.5. The van der Waals surface area contributed by atoms with Crippen molar-refractivity contribution in [2.75, 3.05) is 45.0 Å². The lowest BCUT2D eigenvalue weighted by atomic mass is 10.1. The Bertz CT molecular complexity index is 617. The maximum absolute atomic E-state index is 12.5. The van der Waals surface area contributed by atoms with E-state index in [2.05, 4.69) is 10.2 Å². The Morgan fingerprint density at radius 2 is 1.70 bits per heavy atom. The van der Waals surface area contributed by atoms with E-state index in [1.54, 1.807) is 24.3 Å². The molecule has 150 valence electrons. The molecular weight excluding hydrogens is 344 g/mol. The molecule has 7 heteroatoms. The predicted octanol–water partition coefficient (Wildman–Crippen LogP) is 2.33. The number of hydrogen-bond acceptors (Lipinski definition) is 5. The predicted molar refractivity (Wildman–Crippen MR) is 107 cm³/mol. The molecule has 1 aliphatic rings. The number of ether oxygens (including phenoxy) is 1. The third-order valence-electron chi connectivity index (χ3n) is 4.39. The first-order chi connectivity index (χ1) is 12.7. The van der Waals surface area contributed by atoms with Crippen molar-refractivity contribution in [1.29, 1.82) is 0 Å². The SMILES string of the molecule is CC(C)(C)OC(=O)NCCCCN1CCN(C(=O)c2ccc(N)cc2)CC1. The number of benzene rings is 1. The van der Waals surface area contributed by atoms with E-state index >= 15 is 0 Å². The molecule has 1 aliphatic heterocycles. The summed E-state index contributed by atoms with van der Waals surface area (Å²) in [5.74, 6) is 0.0659. The first kappa shape index (κ1) is 21.0. The molecule has 0 spiro atoms. The summed E-state index contributed by atoms with van der Waals surface area (Å²) in [4.78, 5) is 28.3. The van der Waals surface area contributed by atoms with Gasteiger partial charge in [0.15, 0.2) is 0 Å². The third kappa shape index (κ3) is 7.46. The number of carbonyl (C=O) groups excluding carboxylic acids is 2. The molecule has 1 saturated heterocycles. The van der Waals surface area contributed by atoms with E-state index < -0.39 is 5.60 Å². The van der Waals surface area contributed by atoms with Crippen molar-refractivity contribution >= 4 is 17.7 Å². The normalized spacial score (nSPS) is 15.4. The molecule has 0 unspecified atom stereocenters. The van der Waals surface area contributed by atoms with Crippen LogP contribution in [0.15, 0.2) is 24.3 Å². The molecule has 1 aromatic carbocycles. The van der Waals surface area contributed by atoms with Crippen molar-refractivity contribution < 1.29 is 14.3 Å². The fourth-order valence-electron chi connectivity index (χ4n) is 2.95. The van der Waals surface area contributed by atoms with Gasteiger partial charge >= 0.3 is 6.09 Å². The van der Waals surface area contributed by atoms with Gasteiger partial charge in [-0.25, -0.2) is 4.79 Å². The minimum atomic E-state index is -0.465. The summed E-state index contributed by atoms with van der Waals surface area (Å²) in [6.45, 7) is 10.4. The number of anilines is 1. The number of carbonyl (C=O) groups is 2. The summed E-state index contributed by atoms with van der Waals surface area (Å²) in [5.41, 5.74) is 6.56. The van der Waals surface area contributed by atoms with Crippen LogP contribution in [0.1, 0.15) is 44.0 Å². The molecule has 2 amide bonds. The van der Waals surface area contributed by atoms with E-state index in [4.69, 9.17) is 10.5 Å². The Morgan fingerprint density at radius 1 is 1.07 bits per heavy atom. The molecule has 0 aliphatic carbocycles. The molecule has 0 radical (unpaired) electrons. The molecule has 1 fully saturated rings. The minimum Gasteiger partial charge on any atom is -0.444 e. The van der Waals surface area contributed by atoms with E-state index in [0.29, 0.717) is 17.8 Å². The van der Waals surface area contributed by atoms with Crippen LogP contribution in [-0.2, 0) is 4.74 Å². The molecule has 1 aromatic rings. The zero-order valence-corrected chi connectivity index (χ0v) is 16.7. The van der Waals surface area contributed by atoms with Crippen LogP contribution in [-0.4, -0.2) is 66.7 Å². The number of alkyl carbamates (subject to hydrolysis) is 1. The number of nitrogens with one attached hydrogen (secondary N) is 1. The molecule has 7 nitrogen and oxygen atoms in total. The molecule has 2 rings (SSSR count). The van der Waals surface area contributed by atoms with Crippen molar-refractivity contribution in [3.8, 4) is 0 Å². The highest BCUT2D eigenvalue weighted by atomic mass is 16.6. The molecule has 1 heterocycles. The van der Waals surface area contributed by atoms with Crippen LogP contribution < -0.4 is 11.1 Å². The largest absolute Gasteiger partial charge is 0.444 e. The van der Waals surface area contributed by atoms with Gasteiger partial charge in [-0.1, -0.05) is 0 Å². The highest BCUT2D eigenvalue weighted by Gasteiger charge is 2.21. The second-order valence-corrected chi connectivity index (χ2v) is 7.89. The van der Waals surface area contributed by atoms with Gasteiger partial charge in [0, 0.05) is 44.0 Å². The number of nitrogens with zero attached hydrogens (tertiary/aromatic N) is 2. The molecular formula is C20H32N4O3. The molecule has 27 heavy (non-hydrogen) atoms. The van der Waals surface area contributed by atoms with Gasteiger partial charge in [-0.15, -0.1) is 0 Å². The van der Waals surface area contributed by atoms with E-state index in [0.717, 1.165) is 45.6 Å². The first-order valence-corrected chi connectivity index (χ1v) is 9.58. The van der Waals surface area contributed by atoms with Crippen LogP contribution in [0.4, 0.5) is 10.5 Å². The van der Waals surface area contributed by atoms with Crippen LogP contribution in [0.3, 0.4) is 0 Å². The van der Waals surface area contributed by atoms with Gasteiger partial charge in [0.05, 0.1) is 0 Å². The van der Waals surface area contributed by atoms with E-state index in [1.807, 2.05) is 25.7 Å². The Kier molecular flexibility index (Phi) is 7.47. The Hall–Kier alpha value is -2.28. The molecule has 0 bridgehead atoms. The Labute approximate surface area is 161 Å². The highest BCUT2D eigenvalue weighted by Crippen LogP contribution is 2.11. The number of unbranched alkanes of at least 4 members (excludes halogenated alkanes) is 1. The average Bonchev–Trinajstić information content (AvgIpc) is 2.60. The minimum absolute atomic E-state index is 0.0659. The second kappa shape index (κ2) is 9.60. The summed E-state index contributed by atoms with van der Waals surface area (Å²) in [5, 5.41) is 2.78. The van der Waals surface area contributed by atoms with Gasteiger partial charge in [-0.05, 0) is 64.4 Å². The first-order valence-electron chi connectivity index (χ1n) is 9.58. The quantitative estimate of drug-likeness (QED) is 0.588. The van der Waals surface area contributed by atoms with Crippen molar-refractivity contribution in [1.82, 2.24) is 15.1 Å². The molecule has 3 N–H and O–H groups in total. The lowest BCUT2D eigenvalue weighted by Gasteiger charge is -2.34. The third-order valence-corrected chi connectivity index (χ3v) is 4.39. The van der Waals surface area contributed by atoms with Gasteiger partial charge in [-0.2, -0.15) is 0 Å². The topological polar surface area (TPSA) is 87.9 Å². The number of rotatable bonds is 6. The van der Waals surface area contributed by atoms with Crippen molar-refractivity contribution in [2.45, 2.75) is 39.2 Å². The van der Waals surface area contributed by atoms with E-state index in [9.17, 15) is 9.59 Å². The van der Waals surface area contributed by atoms with Crippen LogP contribution in [0.25, 0.3) is 0 Å². The smallest absolute Gasteiger partial charge is 0.407 e. The van der Waals surface area contributed by atoms with Gasteiger partial charge in [-0.3, -0.25) is 9.69 Å². The van der Waals surface area contributed by atoms with Gasteiger partial charge in [0.1, 0.15) is 5.60 Å². The number of piperazine rings is 1. The van der Waals surface area contributed by atoms with Gasteiger partial charge in [0.2, 0.25) is 0 Å². The summed E-state index contributed by atoms with van der Waals surface area (Å²) in [6, 6.07) is 7.08. The standard InChI is InChI=1S/C20H32N4O3/c1-20(2,3)27-19(26)22-10-4-5-11-23-12-14-24(15-13-23)18(25)16-6-8-17(21)9-7-16/h6-9H,4-5,10-15,21H2,1-3H3,(H,22,26). The highest BCUT2D eigenvalue weighted by molar-refractivity contribution is 5.94. The lowest BCUT2D eigenvalue weighted by Crippen LogP contribution is -2.48. The molecule has 0 atom stereocenters. The zero-order valence-electron chi connectivity index (χ0n) is 16.7. The van der Waals surface area contributed by atoms with Gasteiger partial charge in [0.25, 0.3) is 5.91 Å². The van der Waals surface area contributed by atoms with Crippen molar-refractivity contribution in [2.24, 2.45) is 0 Å².